The van der Waals surface area contributed by atoms with Gasteiger partial charge in [0.25, 0.3) is 0 Å². The summed E-state index contributed by atoms with van der Waals surface area (Å²) in [5, 5.41) is 32.3. The van der Waals surface area contributed by atoms with Crippen LogP contribution in [0.1, 0.15) is 19.0 Å². The predicted molar refractivity (Wildman–Crippen MR) is 85.1 cm³/mol. The Bertz CT molecular complexity index is 780. The maximum atomic E-state index is 12.0. The van der Waals surface area contributed by atoms with E-state index in [-0.39, 0.29) is 35.1 Å². The van der Waals surface area contributed by atoms with Gasteiger partial charge in [0, 0.05) is 6.54 Å². The molecule has 2 aromatic heterocycles. The Morgan fingerprint density at radius 3 is 2.80 bits per heavy atom. The van der Waals surface area contributed by atoms with Crippen molar-refractivity contribution in [3.63, 3.8) is 0 Å². The first-order valence-corrected chi connectivity index (χ1v) is 7.84. The normalized spacial score (nSPS) is 26.2. The number of nitrogens with zero attached hydrogens (tertiary/aromatic N) is 4. The maximum absolute atomic E-state index is 12.0. The van der Waals surface area contributed by atoms with Gasteiger partial charge in [-0.15, -0.1) is 0 Å². The van der Waals surface area contributed by atoms with Crippen molar-refractivity contribution in [3.05, 3.63) is 12.2 Å². The second kappa shape index (κ2) is 6.88. The SMILES string of the molecule is CCNC(=O)Cc1nc2c(N)ncnc2n1C1O[C@H](CO)[C@H](O)[C@H]1O. The summed E-state index contributed by atoms with van der Waals surface area (Å²) < 4.78 is 6.96. The Morgan fingerprint density at radius 1 is 1.40 bits per heavy atom. The number of nitrogen functional groups attached to an aromatic ring is 1. The lowest BCUT2D eigenvalue weighted by molar-refractivity contribution is -0.120. The molecule has 1 aliphatic rings. The highest BCUT2D eigenvalue weighted by atomic mass is 16.6. The van der Waals surface area contributed by atoms with Crippen LogP contribution in [0.5, 0.6) is 0 Å². The molecular formula is C14H20N6O5. The molecule has 0 radical (unpaired) electrons. The maximum Gasteiger partial charge on any atom is 0.227 e. The third-order valence-electron chi connectivity index (χ3n) is 4.04. The summed E-state index contributed by atoms with van der Waals surface area (Å²) in [5.74, 6) is 0.0907. The Kier molecular flexibility index (Phi) is 4.81. The molecule has 136 valence electrons. The monoisotopic (exact) mass is 352 g/mol. The number of ether oxygens (including phenoxy) is 1. The van der Waals surface area contributed by atoms with Crippen molar-refractivity contribution in [2.45, 2.75) is 37.9 Å². The molecule has 0 aliphatic carbocycles. The third-order valence-corrected chi connectivity index (χ3v) is 4.04. The van der Waals surface area contributed by atoms with E-state index in [1.165, 1.54) is 10.9 Å². The topological polar surface area (TPSA) is 169 Å². The van der Waals surface area contributed by atoms with E-state index in [2.05, 4.69) is 20.3 Å². The number of hydrogen-bond donors (Lipinski definition) is 5. The zero-order chi connectivity index (χ0) is 18.1. The molecule has 11 nitrogen and oxygen atoms in total. The molecular weight excluding hydrogens is 332 g/mol. The average molecular weight is 352 g/mol. The van der Waals surface area contributed by atoms with Gasteiger partial charge in [0.1, 0.15) is 30.5 Å². The molecule has 1 amide bonds. The summed E-state index contributed by atoms with van der Waals surface area (Å²) in [5.41, 5.74) is 6.35. The summed E-state index contributed by atoms with van der Waals surface area (Å²) in [4.78, 5) is 24.3. The fraction of sp³-hybridized carbons (Fsp3) is 0.571. The fourth-order valence-corrected chi connectivity index (χ4v) is 2.86. The second-order valence-corrected chi connectivity index (χ2v) is 5.69. The fourth-order valence-electron chi connectivity index (χ4n) is 2.86. The number of aliphatic hydroxyl groups is 3. The number of nitrogens with one attached hydrogen (secondary N) is 1. The van der Waals surface area contributed by atoms with Gasteiger partial charge in [-0.25, -0.2) is 15.0 Å². The van der Waals surface area contributed by atoms with Gasteiger partial charge < -0.3 is 31.1 Å². The molecule has 3 rings (SSSR count). The van der Waals surface area contributed by atoms with Crippen molar-refractivity contribution in [1.29, 1.82) is 0 Å². The number of carbonyl (C=O) groups excluding carboxylic acids is 1. The van der Waals surface area contributed by atoms with Gasteiger partial charge in [-0.05, 0) is 6.92 Å². The van der Waals surface area contributed by atoms with Crippen LogP contribution in [0.25, 0.3) is 11.2 Å². The first kappa shape index (κ1) is 17.5. The van der Waals surface area contributed by atoms with Crippen LogP contribution in [-0.4, -0.2) is 72.2 Å². The first-order chi connectivity index (χ1) is 12.0. The Balaban J connectivity index is 2.08. The lowest BCUT2D eigenvalue weighted by atomic mass is 10.1. The number of anilines is 1. The lowest BCUT2D eigenvalue weighted by Gasteiger charge is -2.19. The average Bonchev–Trinajstić information content (AvgIpc) is 3.07. The number of nitrogens with two attached hydrogens (primary N) is 1. The van der Waals surface area contributed by atoms with Gasteiger partial charge in [0.15, 0.2) is 23.2 Å². The number of fused-ring (bicyclic) bond motifs is 1. The van der Waals surface area contributed by atoms with E-state index in [0.29, 0.717) is 6.54 Å². The number of aliphatic hydroxyl groups excluding tert-OH is 3. The Hall–Kier alpha value is -2.34. The van der Waals surface area contributed by atoms with Crippen molar-refractivity contribution < 1.29 is 24.9 Å². The molecule has 1 unspecified atom stereocenters. The van der Waals surface area contributed by atoms with E-state index in [9.17, 15) is 20.1 Å². The van der Waals surface area contributed by atoms with Gasteiger partial charge in [0.05, 0.1) is 13.0 Å². The van der Waals surface area contributed by atoms with Crippen LogP contribution in [0, 0.1) is 0 Å². The largest absolute Gasteiger partial charge is 0.394 e. The van der Waals surface area contributed by atoms with E-state index in [1.807, 2.05) is 0 Å². The number of imidazole rings is 1. The van der Waals surface area contributed by atoms with Crippen LogP contribution in [0.3, 0.4) is 0 Å². The van der Waals surface area contributed by atoms with Crippen molar-refractivity contribution >= 4 is 22.9 Å². The summed E-state index contributed by atoms with van der Waals surface area (Å²) in [6.07, 6.45) is -3.53. The van der Waals surface area contributed by atoms with E-state index in [1.54, 1.807) is 6.92 Å². The quantitative estimate of drug-likeness (QED) is 0.397. The van der Waals surface area contributed by atoms with Crippen LogP contribution in [-0.2, 0) is 16.0 Å². The first-order valence-electron chi connectivity index (χ1n) is 7.84. The molecule has 1 fully saturated rings. The Labute approximate surface area is 142 Å². The standard InChI is InChI=1S/C14H20N6O5/c1-2-16-8(22)3-7-19-9-12(15)17-5-18-13(9)20(7)14-11(24)10(23)6(4-21)25-14/h5-6,10-11,14,21,23-24H,2-4H2,1H3,(H,16,22)(H2,15,17,18)/t6-,10+,11-,14?/m1/s1. The zero-order valence-corrected chi connectivity index (χ0v) is 13.5. The number of aromatic nitrogens is 4. The highest BCUT2D eigenvalue weighted by molar-refractivity contribution is 5.84. The molecule has 4 atom stereocenters. The smallest absolute Gasteiger partial charge is 0.227 e. The highest BCUT2D eigenvalue weighted by Crippen LogP contribution is 2.33. The van der Waals surface area contributed by atoms with Gasteiger partial charge >= 0.3 is 0 Å². The molecule has 1 saturated heterocycles. The number of likely N-dealkylation sites (N-methyl/N-ethyl adjacent to an activating group) is 1. The molecule has 2 aromatic rings. The van der Waals surface area contributed by atoms with Crippen LogP contribution >= 0.6 is 0 Å². The van der Waals surface area contributed by atoms with Crippen molar-refractivity contribution in [2.24, 2.45) is 0 Å². The third kappa shape index (κ3) is 3.02. The molecule has 0 aromatic carbocycles. The molecule has 0 saturated carbocycles. The molecule has 25 heavy (non-hydrogen) atoms. The van der Waals surface area contributed by atoms with E-state index >= 15 is 0 Å². The number of amides is 1. The minimum atomic E-state index is -1.33. The molecule has 1 aliphatic heterocycles. The van der Waals surface area contributed by atoms with Gasteiger partial charge in [0.2, 0.25) is 5.91 Å². The van der Waals surface area contributed by atoms with Crippen molar-refractivity contribution in [1.82, 2.24) is 24.8 Å². The van der Waals surface area contributed by atoms with Crippen LogP contribution in [0.4, 0.5) is 5.82 Å². The van der Waals surface area contributed by atoms with E-state index < -0.39 is 31.1 Å². The van der Waals surface area contributed by atoms with Crippen LogP contribution in [0.2, 0.25) is 0 Å². The number of carbonyl (C=O) groups is 1. The molecule has 0 bridgehead atoms. The second-order valence-electron chi connectivity index (χ2n) is 5.69. The van der Waals surface area contributed by atoms with E-state index in [4.69, 9.17) is 10.5 Å². The van der Waals surface area contributed by atoms with Gasteiger partial charge in [-0.3, -0.25) is 9.36 Å². The van der Waals surface area contributed by atoms with Gasteiger partial charge in [-0.1, -0.05) is 0 Å². The summed E-state index contributed by atoms with van der Waals surface area (Å²) in [7, 11) is 0. The van der Waals surface area contributed by atoms with Crippen LogP contribution in [0.15, 0.2) is 6.33 Å². The molecule has 3 heterocycles. The van der Waals surface area contributed by atoms with Crippen molar-refractivity contribution in [2.75, 3.05) is 18.9 Å². The number of rotatable bonds is 5. The summed E-state index contributed by atoms with van der Waals surface area (Å²) in [6.45, 7) is 1.77. The summed E-state index contributed by atoms with van der Waals surface area (Å²) in [6, 6.07) is 0. The predicted octanol–water partition coefficient (Wildman–Crippen LogP) is -2.30. The summed E-state index contributed by atoms with van der Waals surface area (Å²) >= 11 is 0. The minimum Gasteiger partial charge on any atom is -0.394 e. The van der Waals surface area contributed by atoms with Gasteiger partial charge in [-0.2, -0.15) is 0 Å². The zero-order valence-electron chi connectivity index (χ0n) is 13.5. The molecule has 0 spiro atoms. The Morgan fingerprint density at radius 2 is 2.16 bits per heavy atom. The minimum absolute atomic E-state index is 0.101. The van der Waals surface area contributed by atoms with Crippen molar-refractivity contribution in [3.8, 4) is 0 Å². The molecule has 11 heteroatoms. The lowest BCUT2D eigenvalue weighted by Crippen LogP contribution is -2.33. The van der Waals surface area contributed by atoms with E-state index in [0.717, 1.165) is 0 Å². The van der Waals surface area contributed by atoms with Crippen LogP contribution < -0.4 is 11.1 Å². The molecule has 6 N–H and O–H groups in total. The number of hydrogen-bond acceptors (Lipinski definition) is 9. The highest BCUT2D eigenvalue weighted by Gasteiger charge is 2.45.